The van der Waals surface area contributed by atoms with Crippen LogP contribution in [0.15, 0.2) is 29.6 Å². The van der Waals surface area contributed by atoms with Crippen molar-refractivity contribution in [1.29, 1.82) is 0 Å². The van der Waals surface area contributed by atoms with Crippen LogP contribution in [0.1, 0.15) is 10.4 Å². The van der Waals surface area contributed by atoms with Gasteiger partial charge in [0.15, 0.2) is 0 Å². The van der Waals surface area contributed by atoms with Gasteiger partial charge in [0, 0.05) is 10.6 Å². The third kappa shape index (κ3) is 3.13. The Kier molecular flexibility index (Phi) is 3.91. The van der Waals surface area contributed by atoms with Gasteiger partial charge in [-0.05, 0) is 23.6 Å². The fraction of sp³-hybridized carbons (Fsp3) is 0.167. The molecule has 0 atom stereocenters. The van der Waals surface area contributed by atoms with E-state index in [0.29, 0.717) is 5.69 Å². The summed E-state index contributed by atoms with van der Waals surface area (Å²) in [5, 5.41) is 4.52. The quantitative estimate of drug-likeness (QED) is 0.868. The molecule has 0 radical (unpaired) electrons. The van der Waals surface area contributed by atoms with Crippen LogP contribution in [0, 0.1) is 0 Å². The number of hydrogen-bond acceptors (Lipinski definition) is 3. The SMILES string of the molecule is Nc1ccsc1CNc1c(Cl)cccc1C(F)(F)F. The topological polar surface area (TPSA) is 38.0 Å². The molecule has 2 rings (SSSR count). The van der Waals surface area contributed by atoms with Gasteiger partial charge in [-0.15, -0.1) is 11.3 Å². The number of thiophene rings is 1. The molecular weight excluding hydrogens is 297 g/mol. The molecule has 0 amide bonds. The van der Waals surface area contributed by atoms with Crippen molar-refractivity contribution >= 4 is 34.3 Å². The standard InChI is InChI=1S/C12H10ClF3N2S/c13-8-3-1-2-7(12(14,15)16)11(8)18-6-10-9(17)4-5-19-10/h1-5,18H,6,17H2. The number of nitrogens with two attached hydrogens (primary N) is 1. The van der Waals surface area contributed by atoms with Gasteiger partial charge in [-0.2, -0.15) is 13.2 Å². The molecule has 0 saturated heterocycles. The number of rotatable bonds is 3. The Bertz CT molecular complexity index is 581. The molecule has 0 unspecified atom stereocenters. The summed E-state index contributed by atoms with van der Waals surface area (Å²) < 4.78 is 38.6. The molecule has 0 spiro atoms. The highest BCUT2D eigenvalue weighted by atomic mass is 35.5. The fourth-order valence-corrected chi connectivity index (χ4v) is 2.58. The third-order valence-electron chi connectivity index (χ3n) is 2.52. The Balaban J connectivity index is 2.27. The zero-order valence-corrected chi connectivity index (χ0v) is 11.2. The minimum atomic E-state index is -4.45. The lowest BCUT2D eigenvalue weighted by atomic mass is 10.1. The average Bonchev–Trinajstić information content (AvgIpc) is 2.72. The van der Waals surface area contributed by atoms with E-state index < -0.39 is 11.7 Å². The number of nitrogens with one attached hydrogen (secondary N) is 1. The average molecular weight is 307 g/mol. The summed E-state index contributed by atoms with van der Waals surface area (Å²) in [5.41, 5.74) is 5.33. The van der Waals surface area contributed by atoms with Crippen LogP contribution in [0.3, 0.4) is 0 Å². The van der Waals surface area contributed by atoms with E-state index in [-0.39, 0.29) is 17.3 Å². The molecule has 2 aromatic rings. The van der Waals surface area contributed by atoms with E-state index in [9.17, 15) is 13.2 Å². The van der Waals surface area contributed by atoms with Gasteiger partial charge in [-0.3, -0.25) is 0 Å². The molecule has 19 heavy (non-hydrogen) atoms. The van der Waals surface area contributed by atoms with Crippen molar-refractivity contribution in [2.24, 2.45) is 0 Å². The van der Waals surface area contributed by atoms with Crippen LogP contribution in [0.5, 0.6) is 0 Å². The second-order valence-corrected chi connectivity index (χ2v) is 5.22. The molecule has 2 nitrogen and oxygen atoms in total. The second kappa shape index (κ2) is 5.30. The Morgan fingerprint density at radius 1 is 1.26 bits per heavy atom. The van der Waals surface area contributed by atoms with Crippen molar-refractivity contribution in [1.82, 2.24) is 0 Å². The van der Waals surface area contributed by atoms with Crippen molar-refractivity contribution in [2.75, 3.05) is 11.1 Å². The van der Waals surface area contributed by atoms with E-state index in [1.54, 1.807) is 11.4 Å². The fourth-order valence-electron chi connectivity index (χ4n) is 1.60. The van der Waals surface area contributed by atoms with Gasteiger partial charge in [0.1, 0.15) is 0 Å². The Hall–Kier alpha value is -1.40. The molecule has 0 aliphatic rings. The first kappa shape index (κ1) is 14.0. The molecule has 1 aromatic heterocycles. The number of alkyl halides is 3. The molecule has 0 aliphatic carbocycles. The molecule has 3 N–H and O–H groups in total. The summed E-state index contributed by atoms with van der Waals surface area (Å²) >= 11 is 7.20. The zero-order chi connectivity index (χ0) is 14.0. The van der Waals surface area contributed by atoms with Crippen LogP contribution in [-0.4, -0.2) is 0 Å². The predicted molar refractivity (Wildman–Crippen MR) is 72.5 cm³/mol. The highest BCUT2D eigenvalue weighted by Gasteiger charge is 2.34. The number of para-hydroxylation sites is 1. The number of nitrogen functional groups attached to an aromatic ring is 1. The monoisotopic (exact) mass is 306 g/mol. The van der Waals surface area contributed by atoms with Crippen molar-refractivity contribution in [3.05, 3.63) is 45.1 Å². The van der Waals surface area contributed by atoms with Gasteiger partial charge in [0.2, 0.25) is 0 Å². The van der Waals surface area contributed by atoms with Gasteiger partial charge >= 0.3 is 6.18 Å². The van der Waals surface area contributed by atoms with Crippen LogP contribution >= 0.6 is 22.9 Å². The lowest BCUT2D eigenvalue weighted by molar-refractivity contribution is -0.136. The summed E-state index contributed by atoms with van der Waals surface area (Å²) in [5.74, 6) is 0. The van der Waals surface area contributed by atoms with Crippen molar-refractivity contribution in [2.45, 2.75) is 12.7 Å². The Morgan fingerprint density at radius 2 is 2.00 bits per heavy atom. The maximum atomic E-state index is 12.9. The van der Waals surface area contributed by atoms with E-state index in [1.807, 2.05) is 0 Å². The minimum absolute atomic E-state index is 0.0324. The molecular formula is C12H10ClF3N2S. The largest absolute Gasteiger partial charge is 0.418 e. The number of anilines is 2. The lowest BCUT2D eigenvalue weighted by Gasteiger charge is -2.15. The highest BCUT2D eigenvalue weighted by Crippen LogP contribution is 2.38. The number of halogens is 4. The molecule has 102 valence electrons. The molecule has 1 heterocycles. The molecule has 0 saturated carbocycles. The van der Waals surface area contributed by atoms with Crippen LogP contribution in [-0.2, 0) is 12.7 Å². The van der Waals surface area contributed by atoms with E-state index in [1.165, 1.54) is 23.5 Å². The van der Waals surface area contributed by atoms with Crippen LogP contribution in [0.25, 0.3) is 0 Å². The molecule has 1 aromatic carbocycles. The third-order valence-corrected chi connectivity index (χ3v) is 3.78. The summed E-state index contributed by atoms with van der Waals surface area (Å²) in [6, 6.07) is 5.39. The summed E-state index contributed by atoms with van der Waals surface area (Å²) in [6.45, 7) is 0.205. The van der Waals surface area contributed by atoms with E-state index in [4.69, 9.17) is 17.3 Å². The number of hydrogen-bond donors (Lipinski definition) is 2. The van der Waals surface area contributed by atoms with E-state index in [2.05, 4.69) is 5.32 Å². The maximum Gasteiger partial charge on any atom is 0.418 e. The first-order chi connectivity index (χ1) is 8.89. The van der Waals surface area contributed by atoms with Gasteiger partial charge in [-0.1, -0.05) is 17.7 Å². The highest BCUT2D eigenvalue weighted by molar-refractivity contribution is 7.10. The van der Waals surface area contributed by atoms with Crippen LogP contribution in [0.4, 0.5) is 24.5 Å². The van der Waals surface area contributed by atoms with Gasteiger partial charge in [-0.25, -0.2) is 0 Å². The number of benzene rings is 1. The lowest BCUT2D eigenvalue weighted by Crippen LogP contribution is -2.11. The summed E-state index contributed by atoms with van der Waals surface area (Å²) in [7, 11) is 0. The van der Waals surface area contributed by atoms with Crippen molar-refractivity contribution in [3.63, 3.8) is 0 Å². The minimum Gasteiger partial charge on any atom is -0.398 e. The first-order valence-corrected chi connectivity index (χ1v) is 6.57. The smallest absolute Gasteiger partial charge is 0.398 e. The van der Waals surface area contributed by atoms with E-state index in [0.717, 1.165) is 10.9 Å². The van der Waals surface area contributed by atoms with Crippen molar-refractivity contribution in [3.8, 4) is 0 Å². The van der Waals surface area contributed by atoms with Gasteiger partial charge in [0.05, 0.1) is 22.8 Å². The Morgan fingerprint density at radius 3 is 2.58 bits per heavy atom. The van der Waals surface area contributed by atoms with Crippen molar-refractivity contribution < 1.29 is 13.2 Å². The molecule has 7 heteroatoms. The first-order valence-electron chi connectivity index (χ1n) is 5.31. The summed E-state index contributed by atoms with van der Waals surface area (Å²) in [4.78, 5) is 0.771. The summed E-state index contributed by atoms with van der Waals surface area (Å²) in [6.07, 6.45) is -4.45. The van der Waals surface area contributed by atoms with E-state index >= 15 is 0 Å². The molecule has 0 aliphatic heterocycles. The Labute approximate surface area is 117 Å². The predicted octanol–water partition coefficient (Wildman–Crippen LogP) is 4.61. The molecule has 0 bridgehead atoms. The van der Waals surface area contributed by atoms with Crippen LogP contribution in [0.2, 0.25) is 5.02 Å². The maximum absolute atomic E-state index is 12.9. The molecule has 0 fully saturated rings. The van der Waals surface area contributed by atoms with Gasteiger partial charge < -0.3 is 11.1 Å². The zero-order valence-electron chi connectivity index (χ0n) is 9.59. The second-order valence-electron chi connectivity index (χ2n) is 3.81. The van der Waals surface area contributed by atoms with Crippen LogP contribution < -0.4 is 11.1 Å². The van der Waals surface area contributed by atoms with Gasteiger partial charge in [0.25, 0.3) is 0 Å². The normalized spacial score (nSPS) is 11.6.